The molecule has 7 heteroatoms. The highest BCUT2D eigenvalue weighted by atomic mass is 35.5. The first-order valence-electron chi connectivity index (χ1n) is 12.6. The van der Waals surface area contributed by atoms with Gasteiger partial charge in [0.1, 0.15) is 0 Å². The summed E-state index contributed by atoms with van der Waals surface area (Å²) in [6, 6.07) is 31.5. The average Bonchev–Trinajstić information content (AvgIpc) is 3.37. The van der Waals surface area contributed by atoms with Crippen LogP contribution in [0.4, 0.5) is 10.5 Å². The van der Waals surface area contributed by atoms with Gasteiger partial charge in [-0.2, -0.15) is 0 Å². The molecule has 3 N–H and O–H groups in total. The van der Waals surface area contributed by atoms with E-state index in [0.29, 0.717) is 18.8 Å². The van der Waals surface area contributed by atoms with Crippen LogP contribution in [0, 0.1) is 5.92 Å². The number of carboxylic acids is 1. The normalized spacial score (nSPS) is 17.6. The molecule has 2 amide bonds. The Morgan fingerprint density at radius 3 is 2.32 bits per heavy atom. The topological polar surface area (TPSA) is 81.7 Å². The summed E-state index contributed by atoms with van der Waals surface area (Å²) in [7, 11) is 0. The van der Waals surface area contributed by atoms with E-state index in [9.17, 15) is 9.59 Å². The maximum atomic E-state index is 13.1. The van der Waals surface area contributed by atoms with E-state index in [4.69, 9.17) is 5.11 Å². The van der Waals surface area contributed by atoms with Gasteiger partial charge in [-0.1, -0.05) is 72.8 Å². The third kappa shape index (κ3) is 5.98. The van der Waals surface area contributed by atoms with Gasteiger partial charge in [-0.05, 0) is 59.0 Å². The number of nitrogens with one attached hydrogen (secondary N) is 2. The fourth-order valence-corrected chi connectivity index (χ4v) is 5.29. The minimum atomic E-state index is -0.990. The van der Waals surface area contributed by atoms with Crippen LogP contribution >= 0.6 is 12.4 Å². The lowest BCUT2D eigenvalue weighted by Gasteiger charge is -2.23. The highest BCUT2D eigenvalue weighted by Gasteiger charge is 2.36. The van der Waals surface area contributed by atoms with Crippen LogP contribution in [0.2, 0.25) is 0 Å². The molecule has 1 heterocycles. The number of carbonyl (C=O) groups excluding carboxylic acids is 1. The minimum Gasteiger partial charge on any atom is -0.478 e. The van der Waals surface area contributed by atoms with Gasteiger partial charge in [0.2, 0.25) is 0 Å². The minimum absolute atomic E-state index is 0. The van der Waals surface area contributed by atoms with Gasteiger partial charge in [0.15, 0.2) is 0 Å². The largest absolute Gasteiger partial charge is 0.478 e. The fourth-order valence-electron chi connectivity index (χ4n) is 5.29. The predicted molar refractivity (Wildman–Crippen MR) is 154 cm³/mol. The smallest absolute Gasteiger partial charge is 0.335 e. The summed E-state index contributed by atoms with van der Waals surface area (Å²) in [5.41, 5.74) is 3.27. The molecule has 1 saturated heterocycles. The molecule has 1 aliphatic heterocycles. The Balaban J connectivity index is 0.00000336. The van der Waals surface area contributed by atoms with Crippen molar-refractivity contribution in [3.05, 3.63) is 114 Å². The number of anilines is 1. The molecule has 0 aliphatic carbocycles. The number of hydrogen-bond donors (Lipinski definition) is 3. The number of hydrogen-bond acceptors (Lipinski definition) is 3. The summed E-state index contributed by atoms with van der Waals surface area (Å²) >= 11 is 0. The fraction of sp³-hybridized carbons (Fsp3) is 0.226. The number of halogens is 1. The van der Waals surface area contributed by atoms with E-state index in [2.05, 4.69) is 72.2 Å². The molecule has 0 bridgehead atoms. The van der Waals surface area contributed by atoms with Crippen LogP contribution in [-0.4, -0.2) is 41.6 Å². The maximum Gasteiger partial charge on any atom is 0.335 e. The Hall–Kier alpha value is -3.87. The monoisotopic (exact) mass is 529 g/mol. The van der Waals surface area contributed by atoms with Gasteiger partial charge >= 0.3 is 12.0 Å². The van der Waals surface area contributed by atoms with Gasteiger partial charge in [-0.25, -0.2) is 9.59 Å². The first-order chi connectivity index (χ1) is 18.0. The summed E-state index contributed by atoms with van der Waals surface area (Å²) < 4.78 is 0. The van der Waals surface area contributed by atoms with Crippen molar-refractivity contribution in [1.82, 2.24) is 10.2 Å². The van der Waals surface area contributed by atoms with E-state index in [1.54, 1.807) is 12.1 Å². The van der Waals surface area contributed by atoms with Crippen molar-refractivity contribution >= 4 is 40.9 Å². The molecule has 4 aromatic rings. The molecular weight excluding hydrogens is 498 g/mol. The molecule has 0 aromatic heterocycles. The third-order valence-electron chi connectivity index (χ3n) is 7.32. The third-order valence-corrected chi connectivity index (χ3v) is 7.32. The Kier molecular flexibility index (Phi) is 8.66. The summed E-state index contributed by atoms with van der Waals surface area (Å²) in [6.07, 6.45) is 0. The molecule has 6 nitrogen and oxygen atoms in total. The quantitative estimate of drug-likeness (QED) is 0.253. The number of aromatic carboxylic acids is 1. The van der Waals surface area contributed by atoms with E-state index >= 15 is 0 Å². The van der Waals surface area contributed by atoms with Crippen molar-refractivity contribution in [3.8, 4) is 0 Å². The second-order valence-corrected chi connectivity index (χ2v) is 9.69. The van der Waals surface area contributed by atoms with Crippen LogP contribution in [0.1, 0.15) is 40.4 Å². The standard InChI is InChI=1S/C31H31N3O3.ClH/c1-21(27-13-7-11-22-10-5-6-12-28(22)27)32-18-25-19-34(20-29(25)23-8-3-2-4-9-23)31(37)33-26-16-14-24(15-17-26)30(35)36;/h2-17,21,25,29,32H,18-20H2,1H3,(H,33,37)(H,35,36);1H/t21-,25-,29-;/m1./s1. The molecule has 196 valence electrons. The van der Waals surface area contributed by atoms with Gasteiger partial charge in [0.05, 0.1) is 5.56 Å². The Bertz CT molecular complexity index is 1390. The highest BCUT2D eigenvalue weighted by Crippen LogP contribution is 2.33. The van der Waals surface area contributed by atoms with Crippen molar-refractivity contribution in [2.75, 3.05) is 25.0 Å². The molecule has 4 aromatic carbocycles. The van der Waals surface area contributed by atoms with Crippen molar-refractivity contribution in [3.63, 3.8) is 0 Å². The lowest BCUT2D eigenvalue weighted by molar-refractivity contribution is 0.0697. The van der Waals surface area contributed by atoms with Gasteiger partial charge in [-0.15, -0.1) is 12.4 Å². The van der Waals surface area contributed by atoms with Gasteiger partial charge < -0.3 is 20.6 Å². The molecule has 0 radical (unpaired) electrons. The molecule has 1 aliphatic rings. The van der Waals surface area contributed by atoms with Crippen molar-refractivity contribution in [2.45, 2.75) is 18.9 Å². The van der Waals surface area contributed by atoms with Crippen LogP contribution in [0.5, 0.6) is 0 Å². The zero-order valence-electron chi connectivity index (χ0n) is 21.2. The van der Waals surface area contributed by atoms with Crippen molar-refractivity contribution in [2.24, 2.45) is 5.92 Å². The average molecular weight is 530 g/mol. The summed E-state index contributed by atoms with van der Waals surface area (Å²) in [5, 5.41) is 18.3. The number of amides is 2. The number of carboxylic acid groups (broad SMARTS) is 1. The predicted octanol–water partition coefficient (Wildman–Crippen LogP) is 6.56. The second-order valence-electron chi connectivity index (χ2n) is 9.69. The lowest BCUT2D eigenvalue weighted by atomic mass is 9.88. The molecule has 1 fully saturated rings. The number of likely N-dealkylation sites (tertiary alicyclic amines) is 1. The maximum absolute atomic E-state index is 13.1. The van der Waals surface area contributed by atoms with Gasteiger partial charge in [-0.3, -0.25) is 0 Å². The molecule has 0 saturated carbocycles. The Morgan fingerprint density at radius 2 is 1.58 bits per heavy atom. The second kappa shape index (κ2) is 12.1. The van der Waals surface area contributed by atoms with E-state index < -0.39 is 5.97 Å². The van der Waals surface area contributed by atoms with E-state index in [0.717, 1.165) is 6.54 Å². The molecule has 0 unspecified atom stereocenters. The number of nitrogens with zero attached hydrogens (tertiary/aromatic N) is 1. The summed E-state index contributed by atoms with van der Waals surface area (Å²) in [6.45, 7) is 4.23. The lowest BCUT2D eigenvalue weighted by Crippen LogP contribution is -2.34. The first kappa shape index (κ1) is 27.2. The van der Waals surface area contributed by atoms with Crippen molar-refractivity contribution < 1.29 is 14.7 Å². The van der Waals surface area contributed by atoms with Crippen molar-refractivity contribution in [1.29, 1.82) is 0 Å². The molecule has 5 rings (SSSR count). The first-order valence-corrected chi connectivity index (χ1v) is 12.6. The van der Waals surface area contributed by atoms with E-state index in [1.165, 1.54) is 34.0 Å². The van der Waals surface area contributed by atoms with Crippen LogP contribution in [0.3, 0.4) is 0 Å². The molecular formula is C31H32ClN3O3. The highest BCUT2D eigenvalue weighted by molar-refractivity contribution is 5.92. The van der Waals surface area contributed by atoms with E-state index in [-0.39, 0.29) is 41.9 Å². The Labute approximate surface area is 229 Å². The van der Waals surface area contributed by atoms with Gasteiger partial charge in [0, 0.05) is 37.3 Å². The Morgan fingerprint density at radius 1 is 0.895 bits per heavy atom. The van der Waals surface area contributed by atoms with E-state index in [1.807, 2.05) is 23.1 Å². The zero-order valence-corrected chi connectivity index (χ0v) is 22.0. The number of benzene rings is 4. The van der Waals surface area contributed by atoms with Crippen LogP contribution < -0.4 is 10.6 Å². The molecule has 0 spiro atoms. The summed E-state index contributed by atoms with van der Waals surface area (Å²) in [4.78, 5) is 26.1. The molecule has 3 atom stereocenters. The van der Waals surface area contributed by atoms with Crippen LogP contribution in [-0.2, 0) is 0 Å². The number of rotatable bonds is 7. The van der Waals surface area contributed by atoms with Gasteiger partial charge in [0.25, 0.3) is 0 Å². The zero-order chi connectivity index (χ0) is 25.8. The SMILES string of the molecule is C[C@@H](NC[C@@H]1CN(C(=O)Nc2ccc(C(=O)O)cc2)C[C@@H]1c1ccccc1)c1cccc2ccccc12.Cl. The summed E-state index contributed by atoms with van der Waals surface area (Å²) in [5.74, 6) is -0.523. The number of fused-ring (bicyclic) bond motifs is 1. The number of urea groups is 1. The number of carbonyl (C=O) groups is 2. The van der Waals surface area contributed by atoms with Crippen LogP contribution in [0.15, 0.2) is 97.1 Å². The molecule has 38 heavy (non-hydrogen) atoms. The van der Waals surface area contributed by atoms with Crippen LogP contribution in [0.25, 0.3) is 10.8 Å².